The lowest BCUT2D eigenvalue weighted by Crippen LogP contribution is -2.65. The molecule has 0 bridgehead atoms. The third-order valence-electron chi connectivity index (χ3n) is 29.8. The monoisotopic (exact) mass is 1620 g/mol. The molecule has 5 saturated heterocycles. The summed E-state index contributed by atoms with van der Waals surface area (Å²) in [5.41, 5.74) is -2.54. The summed E-state index contributed by atoms with van der Waals surface area (Å²) in [5.74, 6) is 2.68. The van der Waals surface area contributed by atoms with Crippen molar-refractivity contribution in [3.63, 3.8) is 0 Å². The van der Waals surface area contributed by atoms with E-state index >= 15 is 0 Å². The van der Waals surface area contributed by atoms with Crippen LogP contribution in [0.4, 0.5) is 17.8 Å². The molecular weight excluding hydrogens is 1450 g/mol. The number of rotatable bonds is 33. The molecule has 10 fully saturated rings. The Hall–Kier alpha value is -3.05. The minimum atomic E-state index is -0.296. The lowest BCUT2D eigenvalue weighted by molar-refractivity contribution is -0.313. The number of amides is 2. The van der Waals surface area contributed by atoms with E-state index in [1.54, 1.807) is 13.8 Å². The Balaban J connectivity index is 0.904. The third-order valence-corrected chi connectivity index (χ3v) is 29.8. The van der Waals surface area contributed by atoms with E-state index in [1.165, 1.54) is 96.3 Å². The molecule has 0 spiro atoms. The van der Waals surface area contributed by atoms with Crippen LogP contribution in [0.5, 0.6) is 0 Å². The highest BCUT2D eigenvalue weighted by Gasteiger charge is 2.56. The highest BCUT2D eigenvalue weighted by Crippen LogP contribution is 2.50. The fraction of sp³-hybridized carbons (Fsp3) is 0.948. The zero-order valence-electron chi connectivity index (χ0n) is 78.9. The molecule has 20 heteroatoms. The van der Waals surface area contributed by atoms with Gasteiger partial charge in [-0.25, -0.2) is 0 Å². The quantitative estimate of drug-likeness (QED) is 0.0613. The molecule has 0 radical (unpaired) electrons. The van der Waals surface area contributed by atoms with Crippen molar-refractivity contribution in [2.45, 2.75) is 551 Å². The van der Waals surface area contributed by atoms with Crippen LogP contribution in [-0.2, 0) is 33.8 Å². The fourth-order valence-electron chi connectivity index (χ4n) is 25.3. The van der Waals surface area contributed by atoms with Crippen molar-refractivity contribution in [2.75, 3.05) is 47.9 Å². The summed E-state index contributed by atoms with van der Waals surface area (Å²) in [6.07, 6.45) is 49.4. The van der Waals surface area contributed by atoms with E-state index in [0.29, 0.717) is 0 Å². The molecule has 0 unspecified atom stereocenters. The zero-order valence-corrected chi connectivity index (χ0v) is 78.9. The SMILES string of the molecule is CC(=O)N(CCCCCCCN(c1nc(N(C)C2CC(C)(C)N(OC3CCCCC3)C(C)(C)C2)nc(N(CCCCCCN(C(C)=O)C2CC(C)(C)N(OC3CCCCC3)C(C)(C)C2)C2CC(C)(C)N(OC3CCCCC3)C(C)(C)C2)n1)C1CC(C)(C)N(OC2CCCCC2)C(C)(C)C1)C1CC(C)(C)N(OC2CCCCC2)C(C)(C)C1. The van der Waals surface area contributed by atoms with Gasteiger partial charge in [0.2, 0.25) is 29.7 Å². The van der Waals surface area contributed by atoms with Gasteiger partial charge in [-0.15, -0.1) is 0 Å². The third kappa shape index (κ3) is 23.7. The molecule has 0 atom stereocenters. The molecule has 0 N–H and O–H groups in total. The van der Waals surface area contributed by atoms with E-state index in [4.69, 9.17) is 39.1 Å². The van der Waals surface area contributed by atoms with Crippen LogP contribution in [0.1, 0.15) is 435 Å². The second-order valence-electron chi connectivity index (χ2n) is 45.6. The van der Waals surface area contributed by atoms with E-state index in [2.05, 4.69) is 195 Å². The summed E-state index contributed by atoms with van der Waals surface area (Å²) in [4.78, 5) is 93.7. The molecule has 1 aromatic rings. The number of nitrogens with zero attached hydrogens (tertiary/aromatic N) is 13. The highest BCUT2D eigenvalue weighted by atomic mass is 16.7. The maximum absolute atomic E-state index is 14.0. The molecular formula is C96H175N13O7. The number of piperidine rings is 5. The van der Waals surface area contributed by atoms with E-state index in [-0.39, 0.29) is 128 Å². The number of hydrogen-bond donors (Lipinski definition) is 0. The number of unbranched alkanes of at least 4 members (excludes halogenated alkanes) is 7. The van der Waals surface area contributed by atoms with Crippen LogP contribution in [0, 0.1) is 0 Å². The number of aromatic nitrogens is 3. The van der Waals surface area contributed by atoms with Gasteiger partial charge in [-0.1, -0.05) is 128 Å². The van der Waals surface area contributed by atoms with Gasteiger partial charge in [0.25, 0.3) is 0 Å². The van der Waals surface area contributed by atoms with Crippen LogP contribution in [0.2, 0.25) is 0 Å². The summed E-state index contributed by atoms with van der Waals surface area (Å²) in [7, 11) is 2.29. The molecule has 1 aromatic heterocycles. The molecule has 5 aliphatic carbocycles. The highest BCUT2D eigenvalue weighted by molar-refractivity contribution is 5.74. The van der Waals surface area contributed by atoms with Crippen molar-refractivity contribution in [3.8, 4) is 0 Å². The van der Waals surface area contributed by atoms with E-state index in [0.717, 1.165) is 230 Å². The Morgan fingerprint density at radius 3 is 0.690 bits per heavy atom. The summed E-state index contributed by atoms with van der Waals surface area (Å²) in [6, 6.07) is 0.627. The van der Waals surface area contributed by atoms with Crippen LogP contribution in [-0.4, -0.2) is 211 Å². The molecule has 2 amide bonds. The van der Waals surface area contributed by atoms with Crippen molar-refractivity contribution < 1.29 is 33.8 Å². The molecule has 10 aliphatic rings. The Labute approximate surface area is 708 Å². The smallest absolute Gasteiger partial charge is 0.232 e. The minimum absolute atomic E-state index is 0.0991. The van der Waals surface area contributed by atoms with Crippen LogP contribution < -0.4 is 14.7 Å². The van der Waals surface area contributed by atoms with E-state index in [1.807, 2.05) is 0 Å². The number of carbonyl (C=O) groups is 2. The standard InChI is InChI=1S/C96H175N13O7/c1-72(110)101(75-64-89(7,8)106(90(9,10)65-75)113-80-50-36-30-37-51-80)58-44-25-24-26-46-60-103(77-68-93(15,16)108(94(17,18)69-77)115-82-54-40-32-41-55-82)85-97-84(100(23)74-62-87(3,4)105(88(5,6)63-74)112-79-48-34-29-35-49-79)98-86(99-85)104(78-70-95(19,20)109(96(21,22)71-78)116-83-56-42-33-43-57-83)61-47-28-27-45-59-102(73(2)111)76-66-91(11,12)107(92(13,14)67-76)114-81-52-38-31-39-53-81/h74-83H,24-71H2,1-23H3. The van der Waals surface area contributed by atoms with Crippen LogP contribution >= 0.6 is 0 Å². The first-order chi connectivity index (χ1) is 54.5. The number of hydrogen-bond acceptors (Lipinski definition) is 18. The Morgan fingerprint density at radius 1 is 0.276 bits per heavy atom. The average molecular weight is 1620 g/mol. The molecule has 11 rings (SSSR count). The van der Waals surface area contributed by atoms with Gasteiger partial charge >= 0.3 is 0 Å². The molecule has 116 heavy (non-hydrogen) atoms. The first-order valence-corrected chi connectivity index (χ1v) is 48.4. The van der Waals surface area contributed by atoms with E-state index < -0.39 is 0 Å². The number of anilines is 3. The normalized spacial score (nSPS) is 26.8. The summed E-state index contributed by atoms with van der Waals surface area (Å²) >= 11 is 0. The van der Waals surface area contributed by atoms with Gasteiger partial charge in [-0.2, -0.15) is 40.3 Å². The Bertz CT molecular complexity index is 3150. The summed E-state index contributed by atoms with van der Waals surface area (Å²) in [5, 5.41) is 12.0. The van der Waals surface area contributed by atoms with Crippen molar-refractivity contribution in [1.29, 1.82) is 0 Å². The summed E-state index contributed by atoms with van der Waals surface area (Å²) < 4.78 is 0. The first-order valence-electron chi connectivity index (χ1n) is 48.4. The zero-order chi connectivity index (χ0) is 84.0. The largest absolute Gasteiger partial charge is 0.341 e. The summed E-state index contributed by atoms with van der Waals surface area (Å²) in [6.45, 7) is 54.5. The lowest BCUT2D eigenvalue weighted by Gasteiger charge is -2.57. The number of carbonyl (C=O) groups excluding carboxylic acids is 2. The predicted octanol–water partition coefficient (Wildman–Crippen LogP) is 21.6. The van der Waals surface area contributed by atoms with Crippen molar-refractivity contribution >= 4 is 29.7 Å². The molecule has 666 valence electrons. The molecule has 5 aliphatic heterocycles. The fourth-order valence-corrected chi connectivity index (χ4v) is 25.3. The second kappa shape index (κ2) is 39.0. The first kappa shape index (κ1) is 93.6. The van der Waals surface area contributed by atoms with Gasteiger partial charge in [-0.3, -0.25) is 33.8 Å². The average Bonchev–Trinajstić information content (AvgIpc) is 0.772. The Morgan fingerprint density at radius 2 is 0.466 bits per heavy atom. The van der Waals surface area contributed by atoms with Crippen LogP contribution in [0.25, 0.3) is 0 Å². The van der Waals surface area contributed by atoms with Gasteiger partial charge in [0.1, 0.15) is 0 Å². The number of hydroxylamine groups is 10. The molecule has 5 saturated carbocycles. The molecule has 20 nitrogen and oxygen atoms in total. The van der Waals surface area contributed by atoms with Crippen molar-refractivity contribution in [3.05, 3.63) is 0 Å². The van der Waals surface area contributed by atoms with Crippen molar-refractivity contribution in [2.24, 2.45) is 0 Å². The maximum Gasteiger partial charge on any atom is 0.232 e. The van der Waals surface area contributed by atoms with Gasteiger partial charge in [-0.05, 0) is 293 Å². The van der Waals surface area contributed by atoms with Gasteiger partial charge in [0.05, 0.1) is 30.5 Å². The Kier molecular flexibility index (Phi) is 31.5. The van der Waals surface area contributed by atoms with Gasteiger partial charge < -0.3 is 24.5 Å². The van der Waals surface area contributed by atoms with E-state index in [9.17, 15) is 9.59 Å². The molecule has 0 aromatic carbocycles. The molecule has 6 heterocycles. The van der Waals surface area contributed by atoms with Crippen LogP contribution in [0.15, 0.2) is 0 Å². The van der Waals surface area contributed by atoms with Crippen LogP contribution in [0.3, 0.4) is 0 Å². The lowest BCUT2D eigenvalue weighted by atomic mass is 9.78. The van der Waals surface area contributed by atoms with Crippen molar-refractivity contribution in [1.82, 2.24) is 50.1 Å². The predicted molar refractivity (Wildman–Crippen MR) is 474 cm³/mol. The van der Waals surface area contributed by atoms with Gasteiger partial charge in [0.15, 0.2) is 0 Å². The second-order valence-corrected chi connectivity index (χ2v) is 45.6. The topological polar surface area (TPSA) is 151 Å². The minimum Gasteiger partial charge on any atom is -0.341 e. The van der Waals surface area contributed by atoms with Gasteiger partial charge in [0, 0.05) is 133 Å². The maximum atomic E-state index is 14.0.